The van der Waals surface area contributed by atoms with Crippen LogP contribution in [0.1, 0.15) is 5.56 Å². The highest BCUT2D eigenvalue weighted by Gasteiger charge is 1.99. The van der Waals surface area contributed by atoms with Crippen LogP contribution in [0.15, 0.2) is 24.3 Å². The molecule has 0 aliphatic rings. The number of carbonyl (C=O) groups excluding carboxylic acids is 1. The number of hydrazine groups is 1. The first kappa shape index (κ1) is 10.5. The van der Waals surface area contributed by atoms with Gasteiger partial charge in [-0.15, -0.1) is 0 Å². The van der Waals surface area contributed by atoms with E-state index in [4.69, 9.17) is 10.6 Å². The third-order valence-electron chi connectivity index (χ3n) is 1.63. The average molecular weight is 195 g/mol. The minimum atomic E-state index is -0.445. The summed E-state index contributed by atoms with van der Waals surface area (Å²) in [7, 11) is 1.62. The third-order valence-corrected chi connectivity index (χ3v) is 1.63. The number of nitrogens with two attached hydrogens (primary N) is 1. The second-order valence-corrected chi connectivity index (χ2v) is 2.73. The van der Waals surface area contributed by atoms with Gasteiger partial charge in [0.1, 0.15) is 0 Å². The van der Waals surface area contributed by atoms with Crippen LogP contribution in [0.2, 0.25) is 0 Å². The number of amides is 2. The molecule has 0 saturated carbocycles. The van der Waals surface area contributed by atoms with Crippen molar-refractivity contribution in [3.8, 4) is 0 Å². The molecule has 0 saturated heterocycles. The number of carbonyl (C=O) groups is 1. The van der Waals surface area contributed by atoms with E-state index in [9.17, 15) is 4.79 Å². The number of ether oxygens (including phenoxy) is 1. The maximum absolute atomic E-state index is 10.9. The SMILES string of the molecule is COCc1cccc(NC(=O)NN)c1. The third kappa shape index (κ3) is 3.04. The molecule has 5 nitrogen and oxygen atoms in total. The van der Waals surface area contributed by atoms with Gasteiger partial charge >= 0.3 is 6.03 Å². The molecule has 0 heterocycles. The molecule has 1 rings (SSSR count). The van der Waals surface area contributed by atoms with Crippen LogP contribution in [0.3, 0.4) is 0 Å². The Kier molecular flexibility index (Phi) is 3.90. The van der Waals surface area contributed by atoms with Crippen molar-refractivity contribution in [3.63, 3.8) is 0 Å². The lowest BCUT2D eigenvalue weighted by Crippen LogP contribution is -2.34. The molecule has 0 bridgehead atoms. The van der Waals surface area contributed by atoms with Crippen LogP contribution in [0, 0.1) is 0 Å². The van der Waals surface area contributed by atoms with E-state index in [2.05, 4.69) is 5.32 Å². The molecular weight excluding hydrogens is 182 g/mol. The number of nitrogens with one attached hydrogen (secondary N) is 2. The summed E-state index contributed by atoms with van der Waals surface area (Å²) in [5.74, 6) is 4.93. The van der Waals surface area contributed by atoms with Gasteiger partial charge in [0.05, 0.1) is 6.61 Å². The summed E-state index contributed by atoms with van der Waals surface area (Å²) in [6.45, 7) is 0.514. The first-order valence-electron chi connectivity index (χ1n) is 4.11. The molecule has 0 fully saturated rings. The standard InChI is InChI=1S/C9H13N3O2/c1-14-6-7-3-2-4-8(5-7)11-9(13)12-10/h2-5H,6,10H2,1H3,(H2,11,12,13). The van der Waals surface area contributed by atoms with E-state index in [1.54, 1.807) is 13.2 Å². The molecule has 4 N–H and O–H groups in total. The van der Waals surface area contributed by atoms with Gasteiger partial charge in [-0.1, -0.05) is 12.1 Å². The lowest BCUT2D eigenvalue weighted by Gasteiger charge is -2.05. The Hall–Kier alpha value is -1.59. The number of urea groups is 1. The molecule has 0 aliphatic carbocycles. The van der Waals surface area contributed by atoms with Crippen molar-refractivity contribution in [2.75, 3.05) is 12.4 Å². The number of hydrogen-bond acceptors (Lipinski definition) is 3. The maximum atomic E-state index is 10.9. The van der Waals surface area contributed by atoms with Crippen LogP contribution >= 0.6 is 0 Å². The van der Waals surface area contributed by atoms with Gasteiger partial charge in [0, 0.05) is 12.8 Å². The molecule has 76 valence electrons. The molecule has 14 heavy (non-hydrogen) atoms. The molecule has 0 spiro atoms. The van der Waals surface area contributed by atoms with E-state index in [-0.39, 0.29) is 0 Å². The molecular formula is C9H13N3O2. The monoisotopic (exact) mass is 195 g/mol. The topological polar surface area (TPSA) is 76.4 Å². The Morgan fingerprint density at radius 3 is 3.00 bits per heavy atom. The molecule has 0 aromatic heterocycles. The van der Waals surface area contributed by atoms with Gasteiger partial charge in [0.25, 0.3) is 0 Å². The van der Waals surface area contributed by atoms with Crippen molar-refractivity contribution in [1.82, 2.24) is 5.43 Å². The van der Waals surface area contributed by atoms with Gasteiger partial charge in [-0.25, -0.2) is 10.6 Å². The smallest absolute Gasteiger partial charge is 0.333 e. The van der Waals surface area contributed by atoms with Gasteiger partial charge in [0.15, 0.2) is 0 Å². The highest BCUT2D eigenvalue weighted by Crippen LogP contribution is 2.10. The lowest BCUT2D eigenvalue weighted by atomic mass is 10.2. The predicted molar refractivity (Wildman–Crippen MR) is 53.5 cm³/mol. The number of benzene rings is 1. The summed E-state index contributed by atoms with van der Waals surface area (Å²) in [5, 5.41) is 2.56. The van der Waals surface area contributed by atoms with Crippen LogP contribution in [0.25, 0.3) is 0 Å². The summed E-state index contributed by atoms with van der Waals surface area (Å²) < 4.78 is 4.96. The molecule has 2 amide bonds. The predicted octanol–water partition coefficient (Wildman–Crippen LogP) is 0.828. The van der Waals surface area contributed by atoms with E-state index in [0.717, 1.165) is 5.56 Å². The normalized spacial score (nSPS) is 9.57. The molecule has 5 heteroatoms. The van der Waals surface area contributed by atoms with Crippen molar-refractivity contribution >= 4 is 11.7 Å². The minimum Gasteiger partial charge on any atom is -0.380 e. The lowest BCUT2D eigenvalue weighted by molar-refractivity contribution is 0.185. The van der Waals surface area contributed by atoms with Crippen molar-refractivity contribution in [3.05, 3.63) is 29.8 Å². The van der Waals surface area contributed by atoms with Crippen LogP contribution < -0.4 is 16.6 Å². The van der Waals surface area contributed by atoms with Crippen molar-refractivity contribution in [1.29, 1.82) is 0 Å². The summed E-state index contributed by atoms with van der Waals surface area (Å²) in [5.41, 5.74) is 3.65. The number of methoxy groups -OCH3 is 1. The first-order valence-corrected chi connectivity index (χ1v) is 4.11. The Bertz CT molecular complexity index is 315. The quantitative estimate of drug-likeness (QED) is 0.380. The second-order valence-electron chi connectivity index (χ2n) is 2.73. The van der Waals surface area contributed by atoms with E-state index in [0.29, 0.717) is 12.3 Å². The Labute approximate surface area is 82.2 Å². The van der Waals surface area contributed by atoms with Gasteiger partial charge in [-0.3, -0.25) is 5.43 Å². The molecule has 0 aliphatic heterocycles. The number of hydrogen-bond donors (Lipinski definition) is 3. The van der Waals surface area contributed by atoms with Crippen LogP contribution in [-0.2, 0) is 11.3 Å². The number of rotatable bonds is 3. The summed E-state index contributed by atoms with van der Waals surface area (Å²) in [6.07, 6.45) is 0. The fourth-order valence-electron chi connectivity index (χ4n) is 1.07. The first-order chi connectivity index (χ1) is 6.76. The fraction of sp³-hybridized carbons (Fsp3) is 0.222. The molecule has 1 aromatic carbocycles. The molecule has 0 unspecified atom stereocenters. The van der Waals surface area contributed by atoms with E-state index in [1.807, 2.05) is 23.6 Å². The van der Waals surface area contributed by atoms with Crippen molar-refractivity contribution in [2.45, 2.75) is 6.61 Å². The van der Waals surface area contributed by atoms with Crippen LogP contribution in [0.5, 0.6) is 0 Å². The van der Waals surface area contributed by atoms with Gasteiger partial charge in [-0.05, 0) is 17.7 Å². The largest absolute Gasteiger partial charge is 0.380 e. The van der Waals surface area contributed by atoms with Crippen molar-refractivity contribution in [2.24, 2.45) is 5.84 Å². The zero-order valence-corrected chi connectivity index (χ0v) is 7.91. The molecule has 0 radical (unpaired) electrons. The van der Waals surface area contributed by atoms with E-state index in [1.165, 1.54) is 0 Å². The van der Waals surface area contributed by atoms with Gasteiger partial charge < -0.3 is 10.1 Å². The molecule has 1 aromatic rings. The average Bonchev–Trinajstić information content (AvgIpc) is 2.19. The zero-order valence-electron chi connectivity index (χ0n) is 7.91. The van der Waals surface area contributed by atoms with E-state index < -0.39 is 6.03 Å². The maximum Gasteiger partial charge on any atom is 0.333 e. The van der Waals surface area contributed by atoms with Crippen molar-refractivity contribution < 1.29 is 9.53 Å². The Balaban J connectivity index is 2.68. The second kappa shape index (κ2) is 5.21. The minimum absolute atomic E-state index is 0.445. The molecule has 0 atom stereocenters. The van der Waals surface area contributed by atoms with Gasteiger partial charge in [0.2, 0.25) is 0 Å². The Morgan fingerprint density at radius 1 is 1.57 bits per heavy atom. The zero-order chi connectivity index (χ0) is 10.4. The highest BCUT2D eigenvalue weighted by atomic mass is 16.5. The highest BCUT2D eigenvalue weighted by molar-refractivity contribution is 5.88. The summed E-state index contributed by atoms with van der Waals surface area (Å²) >= 11 is 0. The summed E-state index contributed by atoms with van der Waals surface area (Å²) in [6, 6.07) is 6.89. The number of anilines is 1. The van der Waals surface area contributed by atoms with E-state index >= 15 is 0 Å². The van der Waals surface area contributed by atoms with Crippen LogP contribution in [0.4, 0.5) is 10.5 Å². The summed E-state index contributed by atoms with van der Waals surface area (Å²) in [4.78, 5) is 10.9. The Morgan fingerprint density at radius 2 is 2.36 bits per heavy atom. The van der Waals surface area contributed by atoms with Crippen LogP contribution in [-0.4, -0.2) is 13.1 Å². The fourth-order valence-corrected chi connectivity index (χ4v) is 1.07. The van der Waals surface area contributed by atoms with Gasteiger partial charge in [-0.2, -0.15) is 0 Å².